The van der Waals surface area contributed by atoms with E-state index in [0.717, 1.165) is 12.0 Å². The maximum atomic E-state index is 10.4. The molecular weight excluding hydrogens is 206 g/mol. The van der Waals surface area contributed by atoms with Gasteiger partial charge in [-0.3, -0.25) is 0 Å². The zero-order valence-corrected chi connectivity index (χ0v) is 8.49. The summed E-state index contributed by atoms with van der Waals surface area (Å²) in [6.45, 7) is 6.20. The third-order valence-corrected chi connectivity index (χ3v) is 2.02. The number of nitrogens with zero attached hydrogens (tertiary/aromatic N) is 3. The molecule has 1 aromatic rings. The molecule has 0 N–H and O–H groups in total. The summed E-state index contributed by atoms with van der Waals surface area (Å²) in [6, 6.07) is 0. The molecule has 0 aliphatic heterocycles. The molecule has 1 rings (SSSR count). The Balaban J connectivity index is 2.86. The van der Waals surface area contributed by atoms with Gasteiger partial charge in [0.25, 0.3) is 0 Å². The molecule has 0 unspecified atom stereocenters. The summed E-state index contributed by atoms with van der Waals surface area (Å²) in [5, 5.41) is 14.2. The van der Waals surface area contributed by atoms with Gasteiger partial charge in [-0.1, -0.05) is 30.7 Å². The smallest absolute Gasteiger partial charge is 0.358 e. The van der Waals surface area contributed by atoms with Crippen LogP contribution in [0.25, 0.3) is 0 Å². The number of nitro groups is 1. The van der Waals surface area contributed by atoms with Gasteiger partial charge in [-0.2, -0.15) is 4.68 Å². The van der Waals surface area contributed by atoms with Gasteiger partial charge in [0.15, 0.2) is 5.02 Å². The Kier molecular flexibility index (Phi) is 3.24. The van der Waals surface area contributed by atoms with Crippen LogP contribution < -0.4 is 0 Å². The molecule has 0 atom stereocenters. The quantitative estimate of drug-likeness (QED) is 0.440. The van der Waals surface area contributed by atoms with Crippen LogP contribution in [0.2, 0.25) is 5.02 Å². The van der Waals surface area contributed by atoms with Crippen molar-refractivity contribution in [2.75, 3.05) is 0 Å². The highest BCUT2D eigenvalue weighted by Crippen LogP contribution is 2.21. The number of rotatable bonds is 4. The highest BCUT2D eigenvalue weighted by Gasteiger charge is 2.18. The first-order valence-corrected chi connectivity index (χ1v) is 4.46. The fourth-order valence-electron chi connectivity index (χ4n) is 0.932. The molecule has 5 nitrogen and oxygen atoms in total. The second-order valence-corrected chi connectivity index (χ2v) is 3.27. The van der Waals surface area contributed by atoms with Crippen molar-refractivity contribution in [3.8, 4) is 0 Å². The second-order valence-electron chi connectivity index (χ2n) is 2.86. The Morgan fingerprint density at radius 3 is 2.93 bits per heavy atom. The van der Waals surface area contributed by atoms with Crippen LogP contribution in [0.1, 0.15) is 13.3 Å². The van der Waals surface area contributed by atoms with Gasteiger partial charge >= 0.3 is 5.82 Å². The predicted molar refractivity (Wildman–Crippen MR) is 53.3 cm³/mol. The minimum absolute atomic E-state index is 0.0545. The van der Waals surface area contributed by atoms with Crippen LogP contribution in [0.3, 0.4) is 0 Å². The van der Waals surface area contributed by atoms with Crippen LogP contribution in [0.15, 0.2) is 18.3 Å². The fourth-order valence-corrected chi connectivity index (χ4v) is 1.15. The second kappa shape index (κ2) is 4.23. The summed E-state index contributed by atoms with van der Waals surface area (Å²) in [4.78, 5) is 9.81. The zero-order valence-electron chi connectivity index (χ0n) is 7.73. The van der Waals surface area contributed by atoms with Crippen LogP contribution in [0, 0.1) is 10.1 Å². The first-order valence-electron chi connectivity index (χ1n) is 4.08. The molecule has 0 bridgehead atoms. The van der Waals surface area contributed by atoms with E-state index in [4.69, 9.17) is 11.6 Å². The Hall–Kier alpha value is -1.36. The first kappa shape index (κ1) is 10.7. The molecule has 0 saturated carbocycles. The molecule has 0 aromatic carbocycles. The van der Waals surface area contributed by atoms with Gasteiger partial charge in [0.2, 0.25) is 0 Å². The number of hydrogen-bond acceptors (Lipinski definition) is 3. The topological polar surface area (TPSA) is 61.0 Å². The summed E-state index contributed by atoms with van der Waals surface area (Å²) < 4.78 is 1.42. The van der Waals surface area contributed by atoms with Gasteiger partial charge in [-0.05, 0) is 11.3 Å². The summed E-state index contributed by atoms with van der Waals surface area (Å²) in [6.07, 6.45) is 2.24. The van der Waals surface area contributed by atoms with Crippen molar-refractivity contribution in [1.82, 2.24) is 9.78 Å². The van der Waals surface area contributed by atoms with E-state index in [0.29, 0.717) is 6.54 Å². The van der Waals surface area contributed by atoms with E-state index in [2.05, 4.69) is 11.7 Å². The van der Waals surface area contributed by atoms with Crippen molar-refractivity contribution in [3.05, 3.63) is 33.5 Å². The summed E-state index contributed by atoms with van der Waals surface area (Å²) in [7, 11) is 0. The van der Waals surface area contributed by atoms with Crippen LogP contribution in [0.4, 0.5) is 5.82 Å². The van der Waals surface area contributed by atoms with Crippen LogP contribution in [-0.2, 0) is 6.54 Å². The number of halogens is 1. The lowest BCUT2D eigenvalue weighted by Gasteiger charge is -1.96. The number of hydrogen-bond donors (Lipinski definition) is 0. The van der Waals surface area contributed by atoms with Crippen molar-refractivity contribution >= 4 is 17.4 Å². The Labute approximate surface area is 86.1 Å². The van der Waals surface area contributed by atoms with Crippen molar-refractivity contribution in [2.24, 2.45) is 0 Å². The Bertz CT molecular complexity index is 373. The third kappa shape index (κ3) is 2.32. The highest BCUT2D eigenvalue weighted by molar-refractivity contribution is 6.32. The van der Waals surface area contributed by atoms with Crippen molar-refractivity contribution < 1.29 is 4.92 Å². The number of aromatic nitrogens is 2. The van der Waals surface area contributed by atoms with Crippen molar-refractivity contribution in [2.45, 2.75) is 19.9 Å². The predicted octanol–water partition coefficient (Wildman–Crippen LogP) is 2.41. The average Bonchev–Trinajstić information content (AvgIpc) is 2.46. The van der Waals surface area contributed by atoms with Crippen molar-refractivity contribution in [3.63, 3.8) is 0 Å². The molecule has 1 heterocycles. The van der Waals surface area contributed by atoms with E-state index in [1.165, 1.54) is 10.9 Å². The van der Waals surface area contributed by atoms with E-state index in [1.54, 1.807) is 0 Å². The van der Waals surface area contributed by atoms with Crippen LogP contribution in [0.5, 0.6) is 0 Å². The van der Waals surface area contributed by atoms with Crippen molar-refractivity contribution in [1.29, 1.82) is 0 Å². The Morgan fingerprint density at radius 1 is 1.86 bits per heavy atom. The summed E-state index contributed by atoms with van der Waals surface area (Å²) in [5.74, 6) is -0.310. The zero-order chi connectivity index (χ0) is 10.7. The lowest BCUT2D eigenvalue weighted by Crippen LogP contribution is -2.01. The molecule has 0 amide bonds. The average molecular weight is 216 g/mol. The van der Waals surface area contributed by atoms with Gasteiger partial charge < -0.3 is 10.1 Å². The summed E-state index contributed by atoms with van der Waals surface area (Å²) in [5.41, 5.74) is 0.944. The van der Waals surface area contributed by atoms with Gasteiger partial charge in [0.05, 0.1) is 17.8 Å². The number of allylic oxidation sites excluding steroid dienone is 1. The van der Waals surface area contributed by atoms with E-state index in [9.17, 15) is 10.1 Å². The minimum atomic E-state index is -0.604. The first-order chi connectivity index (χ1) is 6.54. The molecule has 6 heteroatoms. The molecule has 1 aromatic heterocycles. The fraction of sp³-hybridized carbons (Fsp3) is 0.375. The van der Waals surface area contributed by atoms with Gasteiger partial charge in [0.1, 0.15) is 0 Å². The highest BCUT2D eigenvalue weighted by atomic mass is 35.5. The van der Waals surface area contributed by atoms with Crippen LogP contribution in [-0.4, -0.2) is 14.7 Å². The lowest BCUT2D eigenvalue weighted by molar-refractivity contribution is -0.389. The molecule has 76 valence electrons. The Morgan fingerprint density at radius 2 is 2.50 bits per heavy atom. The SMILES string of the molecule is C=C(CC)Cn1cc(Cl)c([N+](=O)[O-])n1. The molecule has 0 fully saturated rings. The van der Waals surface area contributed by atoms with E-state index < -0.39 is 4.92 Å². The molecule has 0 spiro atoms. The molecule has 0 aliphatic carbocycles. The monoisotopic (exact) mass is 215 g/mol. The van der Waals surface area contributed by atoms with Gasteiger partial charge in [-0.15, -0.1) is 0 Å². The lowest BCUT2D eigenvalue weighted by atomic mass is 10.2. The van der Waals surface area contributed by atoms with E-state index >= 15 is 0 Å². The molecule has 14 heavy (non-hydrogen) atoms. The summed E-state index contributed by atoms with van der Waals surface area (Å²) >= 11 is 5.61. The maximum absolute atomic E-state index is 10.4. The molecular formula is C8H10ClN3O2. The third-order valence-electron chi connectivity index (χ3n) is 1.76. The van der Waals surface area contributed by atoms with Gasteiger partial charge in [0, 0.05) is 0 Å². The molecule has 0 saturated heterocycles. The normalized spacial score (nSPS) is 10.1. The maximum Gasteiger partial charge on any atom is 0.408 e. The molecule has 0 aliphatic rings. The largest absolute Gasteiger partial charge is 0.408 e. The van der Waals surface area contributed by atoms with Gasteiger partial charge in [-0.25, -0.2) is 0 Å². The minimum Gasteiger partial charge on any atom is -0.358 e. The van der Waals surface area contributed by atoms with Crippen LogP contribution >= 0.6 is 11.6 Å². The molecule has 0 radical (unpaired) electrons. The van der Waals surface area contributed by atoms with E-state index in [1.807, 2.05) is 6.92 Å². The standard InChI is InChI=1S/C8H10ClN3O2/c1-3-6(2)4-11-5-7(9)8(10-11)12(13)14/h5H,2-4H2,1H3. The van der Waals surface area contributed by atoms with E-state index in [-0.39, 0.29) is 10.8 Å².